The first-order valence-corrected chi connectivity index (χ1v) is 6.51. The molecule has 20 heavy (non-hydrogen) atoms. The van der Waals surface area contributed by atoms with Crippen LogP contribution in [0.1, 0.15) is 30.8 Å². The molecule has 0 aliphatic rings. The molecule has 1 aromatic heterocycles. The molecule has 0 fully saturated rings. The number of aromatic nitrogens is 2. The van der Waals surface area contributed by atoms with Gasteiger partial charge in [0.05, 0.1) is 0 Å². The number of hydrogen-bond acceptors (Lipinski definition) is 3. The molecule has 0 aliphatic heterocycles. The Kier molecular flexibility index (Phi) is 4.40. The fraction of sp³-hybridized carbons (Fsp3) is 0.333. The number of carboxylic acid groups (broad SMARTS) is 1. The second kappa shape index (κ2) is 6.23. The summed E-state index contributed by atoms with van der Waals surface area (Å²) in [4.78, 5) is 14.8. The SMILES string of the molecule is CC(Oc1ccc(CCC(=O)O)cc1)c1nccn1C. The van der Waals surface area contributed by atoms with Crippen LogP contribution in [0.4, 0.5) is 0 Å². The van der Waals surface area contributed by atoms with E-state index < -0.39 is 5.97 Å². The predicted molar refractivity (Wildman–Crippen MR) is 74.6 cm³/mol. The Balaban J connectivity index is 1.97. The van der Waals surface area contributed by atoms with Crippen molar-refractivity contribution in [1.82, 2.24) is 9.55 Å². The van der Waals surface area contributed by atoms with Gasteiger partial charge in [-0.2, -0.15) is 0 Å². The van der Waals surface area contributed by atoms with Gasteiger partial charge in [0.1, 0.15) is 11.6 Å². The second-order valence-electron chi connectivity index (χ2n) is 4.69. The Morgan fingerprint density at radius 2 is 2.10 bits per heavy atom. The topological polar surface area (TPSA) is 64.3 Å². The van der Waals surface area contributed by atoms with Crippen LogP contribution in [0.2, 0.25) is 0 Å². The molecule has 0 saturated heterocycles. The molecule has 0 radical (unpaired) electrons. The van der Waals surface area contributed by atoms with Crippen LogP contribution in [0, 0.1) is 0 Å². The van der Waals surface area contributed by atoms with E-state index in [1.54, 1.807) is 6.20 Å². The molecule has 0 bridgehead atoms. The van der Waals surface area contributed by atoms with Gasteiger partial charge in [0.15, 0.2) is 6.10 Å². The summed E-state index contributed by atoms with van der Waals surface area (Å²) in [5, 5.41) is 8.65. The Morgan fingerprint density at radius 3 is 2.65 bits per heavy atom. The lowest BCUT2D eigenvalue weighted by molar-refractivity contribution is -0.136. The highest BCUT2D eigenvalue weighted by Gasteiger charge is 2.11. The van der Waals surface area contributed by atoms with E-state index in [2.05, 4.69) is 4.98 Å². The Labute approximate surface area is 117 Å². The van der Waals surface area contributed by atoms with Gasteiger partial charge in [0.2, 0.25) is 0 Å². The van der Waals surface area contributed by atoms with Crippen molar-refractivity contribution in [3.63, 3.8) is 0 Å². The summed E-state index contributed by atoms with van der Waals surface area (Å²) in [5.41, 5.74) is 0.990. The number of imidazole rings is 1. The average Bonchev–Trinajstić information content (AvgIpc) is 2.84. The van der Waals surface area contributed by atoms with Crippen molar-refractivity contribution in [3.05, 3.63) is 48.0 Å². The summed E-state index contributed by atoms with van der Waals surface area (Å²) in [7, 11) is 1.93. The summed E-state index contributed by atoms with van der Waals surface area (Å²) in [6, 6.07) is 7.50. The maximum absolute atomic E-state index is 10.5. The lowest BCUT2D eigenvalue weighted by Crippen LogP contribution is -2.09. The predicted octanol–water partition coefficient (Wildman–Crippen LogP) is 2.58. The van der Waals surface area contributed by atoms with Crippen molar-refractivity contribution in [2.24, 2.45) is 7.05 Å². The zero-order chi connectivity index (χ0) is 14.5. The van der Waals surface area contributed by atoms with Gasteiger partial charge in [-0.15, -0.1) is 0 Å². The molecule has 1 atom stereocenters. The Bertz CT molecular complexity index is 575. The lowest BCUT2D eigenvalue weighted by atomic mass is 10.1. The summed E-state index contributed by atoms with van der Waals surface area (Å²) < 4.78 is 7.74. The quantitative estimate of drug-likeness (QED) is 0.879. The standard InChI is InChI=1S/C15H18N2O3/c1-11(15-16-9-10-17(15)2)20-13-6-3-12(4-7-13)5-8-14(18)19/h3-4,6-7,9-11H,5,8H2,1-2H3,(H,18,19). The van der Waals surface area contributed by atoms with Crippen molar-refractivity contribution >= 4 is 5.97 Å². The van der Waals surface area contributed by atoms with Gasteiger partial charge < -0.3 is 14.4 Å². The smallest absolute Gasteiger partial charge is 0.303 e. The normalized spacial score (nSPS) is 12.1. The largest absolute Gasteiger partial charge is 0.483 e. The number of aryl methyl sites for hydroxylation is 2. The molecular formula is C15H18N2O3. The molecule has 2 aromatic rings. The van der Waals surface area contributed by atoms with Crippen molar-refractivity contribution in [3.8, 4) is 5.75 Å². The number of carboxylic acids is 1. The number of hydrogen-bond donors (Lipinski definition) is 1. The van der Waals surface area contributed by atoms with Gasteiger partial charge in [-0.05, 0) is 31.0 Å². The van der Waals surface area contributed by atoms with Crippen LogP contribution in [0.25, 0.3) is 0 Å². The molecule has 0 amide bonds. The van der Waals surface area contributed by atoms with E-state index >= 15 is 0 Å². The van der Waals surface area contributed by atoms with Gasteiger partial charge >= 0.3 is 5.97 Å². The fourth-order valence-corrected chi connectivity index (χ4v) is 2.01. The number of carbonyl (C=O) groups is 1. The summed E-state index contributed by atoms with van der Waals surface area (Å²) >= 11 is 0. The van der Waals surface area contributed by atoms with Crippen molar-refractivity contribution in [2.75, 3.05) is 0 Å². The molecule has 1 aromatic carbocycles. The lowest BCUT2D eigenvalue weighted by Gasteiger charge is -2.14. The number of benzene rings is 1. The van der Waals surface area contributed by atoms with Crippen LogP contribution in [0.15, 0.2) is 36.7 Å². The monoisotopic (exact) mass is 274 g/mol. The van der Waals surface area contributed by atoms with Gasteiger partial charge in [0.25, 0.3) is 0 Å². The second-order valence-corrected chi connectivity index (χ2v) is 4.69. The first-order chi connectivity index (χ1) is 9.56. The number of aliphatic carboxylic acids is 1. The minimum Gasteiger partial charge on any atom is -0.483 e. The van der Waals surface area contributed by atoms with E-state index in [1.807, 2.05) is 49.0 Å². The molecule has 5 nitrogen and oxygen atoms in total. The molecule has 0 spiro atoms. The van der Waals surface area contributed by atoms with Crippen LogP contribution >= 0.6 is 0 Å². The van der Waals surface area contributed by atoms with Gasteiger partial charge in [0, 0.05) is 25.9 Å². The van der Waals surface area contributed by atoms with Gasteiger partial charge in [-0.1, -0.05) is 12.1 Å². The van der Waals surface area contributed by atoms with E-state index in [9.17, 15) is 4.79 Å². The van der Waals surface area contributed by atoms with E-state index in [0.29, 0.717) is 6.42 Å². The van der Waals surface area contributed by atoms with Crippen molar-refractivity contribution < 1.29 is 14.6 Å². The highest BCUT2D eigenvalue weighted by molar-refractivity contribution is 5.67. The van der Waals surface area contributed by atoms with Crippen LogP contribution in [-0.2, 0) is 18.3 Å². The van der Waals surface area contributed by atoms with Crippen LogP contribution in [0.3, 0.4) is 0 Å². The summed E-state index contributed by atoms with van der Waals surface area (Å²) in [6.45, 7) is 1.95. The molecule has 1 N–H and O–H groups in total. The molecule has 0 aliphatic carbocycles. The minimum atomic E-state index is -0.784. The first kappa shape index (κ1) is 14.1. The van der Waals surface area contributed by atoms with Crippen LogP contribution in [0.5, 0.6) is 5.75 Å². The molecule has 106 valence electrons. The van der Waals surface area contributed by atoms with E-state index in [1.165, 1.54) is 0 Å². The Morgan fingerprint density at radius 1 is 1.40 bits per heavy atom. The third kappa shape index (κ3) is 3.60. The third-order valence-electron chi connectivity index (χ3n) is 3.09. The van der Waals surface area contributed by atoms with E-state index in [-0.39, 0.29) is 12.5 Å². The Hall–Kier alpha value is -2.30. The highest BCUT2D eigenvalue weighted by atomic mass is 16.5. The number of ether oxygens (including phenoxy) is 1. The van der Waals surface area contributed by atoms with E-state index in [4.69, 9.17) is 9.84 Å². The number of nitrogens with zero attached hydrogens (tertiary/aromatic N) is 2. The van der Waals surface area contributed by atoms with E-state index in [0.717, 1.165) is 17.1 Å². The van der Waals surface area contributed by atoms with Crippen molar-refractivity contribution in [2.45, 2.75) is 25.9 Å². The molecule has 5 heteroatoms. The highest BCUT2D eigenvalue weighted by Crippen LogP contribution is 2.21. The maximum Gasteiger partial charge on any atom is 0.303 e. The van der Waals surface area contributed by atoms with Crippen LogP contribution in [-0.4, -0.2) is 20.6 Å². The summed E-state index contributed by atoms with van der Waals surface area (Å²) in [6.07, 6.45) is 4.16. The zero-order valence-corrected chi connectivity index (χ0v) is 11.6. The molecular weight excluding hydrogens is 256 g/mol. The maximum atomic E-state index is 10.5. The minimum absolute atomic E-state index is 0.139. The first-order valence-electron chi connectivity index (χ1n) is 6.51. The average molecular weight is 274 g/mol. The van der Waals surface area contributed by atoms with Gasteiger partial charge in [-0.25, -0.2) is 4.98 Å². The molecule has 1 unspecified atom stereocenters. The fourth-order valence-electron chi connectivity index (χ4n) is 2.01. The van der Waals surface area contributed by atoms with Crippen molar-refractivity contribution in [1.29, 1.82) is 0 Å². The molecule has 0 saturated carbocycles. The molecule has 2 rings (SSSR count). The zero-order valence-electron chi connectivity index (χ0n) is 11.6. The summed E-state index contributed by atoms with van der Waals surface area (Å²) in [5.74, 6) is 0.827. The van der Waals surface area contributed by atoms with Crippen LogP contribution < -0.4 is 4.74 Å². The molecule has 1 heterocycles. The van der Waals surface area contributed by atoms with Gasteiger partial charge in [-0.3, -0.25) is 4.79 Å². The third-order valence-corrected chi connectivity index (χ3v) is 3.09. The number of rotatable bonds is 6.